The number of amides is 1. The third-order valence-electron chi connectivity index (χ3n) is 5.01. The van der Waals surface area contributed by atoms with E-state index in [1.165, 1.54) is 11.3 Å². The van der Waals surface area contributed by atoms with E-state index in [0.29, 0.717) is 11.4 Å². The van der Waals surface area contributed by atoms with E-state index in [1.54, 1.807) is 39.3 Å². The second-order valence-corrected chi connectivity index (χ2v) is 9.68. The normalized spacial score (nSPS) is 11.8. The molecule has 2 aromatic heterocycles. The average molecular weight is 582 g/mol. The first-order valence-corrected chi connectivity index (χ1v) is 12.5. The van der Waals surface area contributed by atoms with Crippen LogP contribution in [0.15, 0.2) is 42.6 Å². The number of methoxy groups -OCH3 is 1. The van der Waals surface area contributed by atoms with Gasteiger partial charge in [0.1, 0.15) is 28.5 Å². The van der Waals surface area contributed by atoms with Crippen LogP contribution in [0.5, 0.6) is 5.75 Å². The van der Waals surface area contributed by atoms with Crippen LogP contribution >= 0.6 is 11.3 Å². The van der Waals surface area contributed by atoms with E-state index in [0.717, 1.165) is 26.8 Å². The molecule has 1 amide bonds. The summed E-state index contributed by atoms with van der Waals surface area (Å²) in [7, 11) is 1.61. The first-order chi connectivity index (χ1) is 18.7. The van der Waals surface area contributed by atoms with Gasteiger partial charge in [-0.05, 0) is 62.7 Å². The van der Waals surface area contributed by atoms with Gasteiger partial charge in [0, 0.05) is 23.1 Å². The number of benzene rings is 1. The van der Waals surface area contributed by atoms with Crippen molar-refractivity contribution < 1.29 is 47.2 Å². The molecule has 3 rings (SSSR count). The molecule has 0 bridgehead atoms. The number of carbonyl (C=O) groups is 3. The molecule has 0 aliphatic carbocycles. The maximum Gasteiger partial charge on any atom is 0.430 e. The van der Waals surface area contributed by atoms with Crippen molar-refractivity contribution in [2.45, 2.75) is 52.1 Å². The Kier molecular flexibility index (Phi) is 11.6. The number of thiazole rings is 1. The largest absolute Gasteiger partial charge is 0.547 e. The molecule has 216 valence electrons. The molecule has 0 spiro atoms. The third kappa shape index (κ3) is 9.93. The lowest BCUT2D eigenvalue weighted by Crippen LogP contribution is -2.40. The van der Waals surface area contributed by atoms with Gasteiger partial charge in [-0.2, -0.15) is 13.2 Å². The number of pyridine rings is 1. The van der Waals surface area contributed by atoms with Gasteiger partial charge < -0.3 is 34.6 Å². The fourth-order valence-corrected chi connectivity index (χ4v) is 4.12. The van der Waals surface area contributed by atoms with Crippen LogP contribution in [0.4, 0.5) is 13.2 Å². The van der Waals surface area contributed by atoms with Crippen molar-refractivity contribution in [2.75, 3.05) is 7.11 Å². The number of rotatable bonds is 10. The lowest BCUT2D eigenvalue weighted by Gasteiger charge is -2.21. The number of carbonyl (C=O) groups excluding carboxylic acids is 3. The molecule has 14 heteroatoms. The fourth-order valence-electron chi connectivity index (χ4n) is 3.20. The number of aromatic nitrogens is 2. The van der Waals surface area contributed by atoms with Gasteiger partial charge in [-0.15, -0.1) is 11.3 Å². The summed E-state index contributed by atoms with van der Waals surface area (Å²) in [5.74, 6) is -3.82. The Morgan fingerprint density at radius 1 is 1.10 bits per heavy atom. The molecular formula is C26H26F3N3O7S-2. The lowest BCUT2D eigenvalue weighted by molar-refractivity contribution is -0.344. The third-order valence-corrected chi connectivity index (χ3v) is 6.03. The summed E-state index contributed by atoms with van der Waals surface area (Å²) in [4.78, 5) is 42.4. The number of ether oxygens (including phenoxy) is 2. The summed E-state index contributed by atoms with van der Waals surface area (Å²) in [6.45, 7) is 5.57. The van der Waals surface area contributed by atoms with E-state index in [2.05, 4.69) is 15.3 Å². The zero-order valence-corrected chi connectivity index (χ0v) is 22.7. The number of halogens is 3. The fraction of sp³-hybridized carbons (Fsp3) is 0.346. The SMILES string of the molecule is COc1ccc(-c2nc(C(=O)NCc3cc(CC(OC(C)C)C(=O)[O-])ccn3)c(C)s2)cc1.O=C([O-])C(F)(F)F. The summed E-state index contributed by atoms with van der Waals surface area (Å²) in [5.41, 5.74) is 2.61. The van der Waals surface area contributed by atoms with Gasteiger partial charge in [-0.25, -0.2) is 4.98 Å². The Morgan fingerprint density at radius 2 is 1.73 bits per heavy atom. The highest BCUT2D eigenvalue weighted by molar-refractivity contribution is 7.15. The summed E-state index contributed by atoms with van der Waals surface area (Å²) >= 11 is 1.44. The Labute approximate surface area is 231 Å². The van der Waals surface area contributed by atoms with E-state index in [1.807, 2.05) is 31.2 Å². The second-order valence-electron chi connectivity index (χ2n) is 8.47. The monoisotopic (exact) mass is 581 g/mol. The van der Waals surface area contributed by atoms with Gasteiger partial charge in [-0.3, -0.25) is 9.78 Å². The van der Waals surface area contributed by atoms with Crippen LogP contribution in [-0.2, 0) is 27.3 Å². The van der Waals surface area contributed by atoms with E-state index in [9.17, 15) is 27.9 Å². The van der Waals surface area contributed by atoms with Gasteiger partial charge in [0.05, 0.1) is 31.4 Å². The Morgan fingerprint density at radius 3 is 2.25 bits per heavy atom. The quantitative estimate of drug-likeness (QED) is 0.378. The molecule has 0 fully saturated rings. The van der Waals surface area contributed by atoms with Crippen molar-refractivity contribution in [2.24, 2.45) is 0 Å². The van der Waals surface area contributed by atoms with Crippen molar-refractivity contribution in [1.29, 1.82) is 0 Å². The Hall–Kier alpha value is -4.04. The number of aliphatic carboxylic acids is 2. The molecule has 0 aliphatic heterocycles. The maximum absolute atomic E-state index is 12.7. The number of carboxylic acids is 2. The van der Waals surface area contributed by atoms with Crippen LogP contribution < -0.4 is 20.3 Å². The highest BCUT2D eigenvalue weighted by Crippen LogP contribution is 2.29. The van der Waals surface area contributed by atoms with Crippen LogP contribution in [0, 0.1) is 6.92 Å². The zero-order chi connectivity index (χ0) is 30.0. The van der Waals surface area contributed by atoms with Crippen LogP contribution in [-0.4, -0.2) is 53.3 Å². The molecule has 0 aliphatic rings. The summed E-state index contributed by atoms with van der Waals surface area (Å²) in [5, 5.41) is 23.7. The van der Waals surface area contributed by atoms with Gasteiger partial charge in [-0.1, -0.05) is 0 Å². The van der Waals surface area contributed by atoms with Crippen LogP contribution in [0.3, 0.4) is 0 Å². The summed E-state index contributed by atoms with van der Waals surface area (Å²) < 4.78 is 42.1. The van der Waals surface area contributed by atoms with Crippen molar-refractivity contribution in [3.8, 4) is 16.3 Å². The van der Waals surface area contributed by atoms with Crippen molar-refractivity contribution in [1.82, 2.24) is 15.3 Å². The van der Waals surface area contributed by atoms with Crippen LogP contribution in [0.2, 0.25) is 0 Å². The van der Waals surface area contributed by atoms with E-state index in [4.69, 9.17) is 19.4 Å². The second kappa shape index (κ2) is 14.4. The van der Waals surface area contributed by atoms with E-state index >= 15 is 0 Å². The average Bonchev–Trinajstić information content (AvgIpc) is 3.28. The smallest absolute Gasteiger partial charge is 0.430 e. The predicted molar refractivity (Wildman–Crippen MR) is 134 cm³/mol. The first kappa shape index (κ1) is 32.2. The molecule has 3 aromatic rings. The topological polar surface area (TPSA) is 154 Å². The molecule has 1 unspecified atom stereocenters. The predicted octanol–water partition coefficient (Wildman–Crippen LogP) is 1.84. The number of aryl methyl sites for hydroxylation is 1. The number of hydrogen-bond acceptors (Lipinski definition) is 10. The molecule has 2 heterocycles. The zero-order valence-electron chi connectivity index (χ0n) is 21.9. The maximum atomic E-state index is 12.7. The highest BCUT2D eigenvalue weighted by Gasteiger charge is 2.28. The molecule has 40 heavy (non-hydrogen) atoms. The standard InChI is InChI=1S/C24H27N3O5S.C2HF3O2/c1-14(2)32-20(24(29)30)12-16-9-10-25-18(11-16)13-26-22(28)21-15(3)33-23(27-21)17-5-7-19(31-4)8-6-17;3-2(4,5)1(6)7/h5-11,14,20H,12-13H2,1-4H3,(H,26,28)(H,29,30);(H,6,7)/p-2. The molecule has 1 atom stereocenters. The molecule has 1 aromatic carbocycles. The van der Waals surface area contributed by atoms with E-state index in [-0.39, 0.29) is 25.0 Å². The van der Waals surface area contributed by atoms with Gasteiger partial charge >= 0.3 is 6.18 Å². The molecule has 0 saturated heterocycles. The minimum atomic E-state index is -5.19. The van der Waals surface area contributed by atoms with Crippen molar-refractivity contribution in [3.05, 3.63) is 64.4 Å². The van der Waals surface area contributed by atoms with E-state index < -0.39 is 24.2 Å². The minimum Gasteiger partial charge on any atom is -0.547 e. The number of nitrogens with zero attached hydrogens (tertiary/aromatic N) is 2. The summed E-state index contributed by atoms with van der Waals surface area (Å²) in [6.07, 6.45) is -4.75. The molecule has 0 radical (unpaired) electrons. The molecular weight excluding hydrogens is 555 g/mol. The number of carboxylic acid groups (broad SMARTS) is 2. The molecule has 1 N–H and O–H groups in total. The minimum absolute atomic E-state index is 0.153. The van der Waals surface area contributed by atoms with Crippen molar-refractivity contribution in [3.63, 3.8) is 0 Å². The molecule has 0 saturated carbocycles. The van der Waals surface area contributed by atoms with Crippen LogP contribution in [0.1, 0.15) is 40.5 Å². The van der Waals surface area contributed by atoms with Gasteiger partial charge in [0.25, 0.3) is 5.91 Å². The molecule has 10 nitrogen and oxygen atoms in total. The number of hydrogen-bond donors (Lipinski definition) is 1. The number of nitrogens with one attached hydrogen (secondary N) is 1. The highest BCUT2D eigenvalue weighted by atomic mass is 32.1. The Bertz CT molecular complexity index is 1310. The van der Waals surface area contributed by atoms with Gasteiger partial charge in [0.2, 0.25) is 0 Å². The van der Waals surface area contributed by atoms with Crippen LogP contribution in [0.25, 0.3) is 10.6 Å². The summed E-state index contributed by atoms with van der Waals surface area (Å²) in [6, 6.07) is 11.0. The lowest BCUT2D eigenvalue weighted by atomic mass is 10.1. The van der Waals surface area contributed by atoms with Gasteiger partial charge in [0.15, 0.2) is 0 Å². The number of alkyl halides is 3. The first-order valence-electron chi connectivity index (χ1n) is 11.7. The van der Waals surface area contributed by atoms with Crippen molar-refractivity contribution >= 4 is 29.2 Å². The Balaban J connectivity index is 0.000000708.